The van der Waals surface area contributed by atoms with E-state index < -0.39 is 0 Å². The van der Waals surface area contributed by atoms with Crippen LogP contribution in [-0.2, 0) is 0 Å². The molecule has 0 N–H and O–H groups in total. The molecule has 1 aromatic rings. The van der Waals surface area contributed by atoms with Crippen LogP contribution in [0, 0.1) is 11.8 Å². The Morgan fingerprint density at radius 2 is 2.10 bits per heavy atom. The van der Waals surface area contributed by atoms with E-state index in [1.54, 1.807) is 5.57 Å². The Bertz CT molecular complexity index is 500. The second-order valence-electron chi connectivity index (χ2n) is 6.46. The molecule has 0 saturated carbocycles. The third-order valence-electron chi connectivity index (χ3n) is 5.02. The highest BCUT2D eigenvalue weighted by atomic mass is 14.9. The molecule has 0 fully saturated rings. The van der Waals surface area contributed by atoms with Crippen molar-refractivity contribution in [1.29, 1.82) is 0 Å². The lowest BCUT2D eigenvalue weighted by Crippen LogP contribution is -2.21. The predicted octanol–water partition coefficient (Wildman–Crippen LogP) is 5.66. The topological polar surface area (TPSA) is 14.1 Å². The summed E-state index contributed by atoms with van der Waals surface area (Å²) >= 11 is 0. The minimum Gasteiger partial charge on any atom is -0.252 e. The fourth-order valence-electron chi connectivity index (χ4n) is 3.84. The lowest BCUT2D eigenvalue weighted by Gasteiger charge is -2.29. The first kappa shape index (κ1) is 13.7. The van der Waals surface area contributed by atoms with Crippen LogP contribution in [0.2, 0.25) is 0 Å². The summed E-state index contributed by atoms with van der Waals surface area (Å²) in [5, 5.41) is 4.98. The van der Waals surface area contributed by atoms with E-state index in [-0.39, 0.29) is 0 Å². The highest BCUT2D eigenvalue weighted by molar-refractivity contribution is 5.82. The first-order valence-electron chi connectivity index (χ1n) is 8.35. The molecular weight excluding hydrogens is 242 g/mol. The van der Waals surface area contributed by atoms with Gasteiger partial charge in [-0.05, 0) is 36.8 Å². The summed E-state index contributed by atoms with van der Waals surface area (Å²) in [7, 11) is 0. The summed E-state index contributed by atoms with van der Waals surface area (Å²) in [5.74, 6) is 1.48. The van der Waals surface area contributed by atoms with Crippen LogP contribution in [0.3, 0.4) is 0 Å². The van der Waals surface area contributed by atoms with E-state index in [2.05, 4.69) is 38.1 Å². The van der Waals surface area contributed by atoms with Crippen LogP contribution in [0.5, 0.6) is 0 Å². The van der Waals surface area contributed by atoms with Crippen LogP contribution in [0.4, 0.5) is 5.69 Å². The van der Waals surface area contributed by atoms with Crippen molar-refractivity contribution >= 4 is 11.3 Å². The molecular formula is C19H26N. The van der Waals surface area contributed by atoms with Crippen molar-refractivity contribution in [3.63, 3.8) is 0 Å². The summed E-state index contributed by atoms with van der Waals surface area (Å²) < 4.78 is 0. The van der Waals surface area contributed by atoms with Gasteiger partial charge in [-0.1, -0.05) is 57.7 Å². The van der Waals surface area contributed by atoms with Crippen LogP contribution < -0.4 is 5.32 Å². The first-order valence-corrected chi connectivity index (χ1v) is 8.35. The van der Waals surface area contributed by atoms with Gasteiger partial charge in [-0.3, -0.25) is 5.32 Å². The van der Waals surface area contributed by atoms with Gasteiger partial charge in [-0.25, -0.2) is 0 Å². The lowest BCUT2D eigenvalue weighted by atomic mass is 9.77. The van der Waals surface area contributed by atoms with E-state index in [4.69, 9.17) is 5.32 Å². The molecule has 20 heavy (non-hydrogen) atoms. The first-order chi connectivity index (χ1) is 9.81. The molecule has 1 aliphatic heterocycles. The van der Waals surface area contributed by atoms with Crippen molar-refractivity contribution in [3.05, 3.63) is 35.5 Å². The molecule has 1 heterocycles. The highest BCUT2D eigenvalue weighted by Gasteiger charge is 2.33. The van der Waals surface area contributed by atoms with Gasteiger partial charge in [0.1, 0.15) is 0 Å². The van der Waals surface area contributed by atoms with E-state index in [0.29, 0.717) is 5.92 Å². The molecule has 0 spiro atoms. The quantitative estimate of drug-likeness (QED) is 0.611. The second kappa shape index (κ2) is 6.03. The zero-order valence-corrected chi connectivity index (χ0v) is 12.9. The van der Waals surface area contributed by atoms with Gasteiger partial charge in [0.15, 0.2) is 0 Å². The molecule has 2 aliphatic rings. The van der Waals surface area contributed by atoms with Crippen molar-refractivity contribution in [2.75, 3.05) is 0 Å². The molecule has 1 nitrogen and oxygen atoms in total. The van der Waals surface area contributed by atoms with Gasteiger partial charge < -0.3 is 0 Å². The van der Waals surface area contributed by atoms with Crippen molar-refractivity contribution in [2.24, 2.45) is 11.8 Å². The third-order valence-corrected chi connectivity index (χ3v) is 5.02. The van der Waals surface area contributed by atoms with Crippen LogP contribution in [0.1, 0.15) is 64.4 Å². The number of rotatable bonds is 5. The smallest absolute Gasteiger partial charge is 0.0708 e. The molecule has 1 radical (unpaired) electrons. The fraction of sp³-hybridized carbons (Fsp3) is 0.579. The van der Waals surface area contributed by atoms with E-state index >= 15 is 0 Å². The minimum absolute atomic E-state index is 0.697. The number of nitrogens with zero attached hydrogens (tertiary/aromatic N) is 1. The van der Waals surface area contributed by atoms with Crippen LogP contribution in [0.15, 0.2) is 30.0 Å². The van der Waals surface area contributed by atoms with Crippen LogP contribution in [0.25, 0.3) is 5.57 Å². The average Bonchev–Trinajstić information content (AvgIpc) is 2.86. The van der Waals surface area contributed by atoms with Gasteiger partial charge >= 0.3 is 0 Å². The predicted molar refractivity (Wildman–Crippen MR) is 85.8 cm³/mol. The zero-order chi connectivity index (χ0) is 13.9. The molecule has 1 heteroatoms. The molecule has 1 aromatic carbocycles. The van der Waals surface area contributed by atoms with E-state index in [1.807, 2.05) is 0 Å². The maximum absolute atomic E-state index is 4.98. The number of hydrogen-bond donors (Lipinski definition) is 0. The Labute approximate surface area is 123 Å². The highest BCUT2D eigenvalue weighted by Crippen LogP contribution is 2.47. The van der Waals surface area contributed by atoms with Gasteiger partial charge in [0, 0.05) is 17.2 Å². The maximum Gasteiger partial charge on any atom is 0.0708 e. The Morgan fingerprint density at radius 1 is 1.25 bits per heavy atom. The Kier molecular flexibility index (Phi) is 4.14. The van der Waals surface area contributed by atoms with Gasteiger partial charge in [0.2, 0.25) is 0 Å². The molecule has 0 amide bonds. The maximum atomic E-state index is 4.98. The summed E-state index contributed by atoms with van der Waals surface area (Å²) in [4.78, 5) is 0. The Hall–Kier alpha value is -1.24. The third kappa shape index (κ3) is 2.51. The normalized spacial score (nSPS) is 22.2. The number of para-hydroxylation sites is 1. The van der Waals surface area contributed by atoms with E-state index in [1.165, 1.54) is 61.9 Å². The molecule has 0 bridgehead atoms. The summed E-state index contributed by atoms with van der Waals surface area (Å²) in [6.07, 6.45) is 9.34. The number of unbranched alkanes of at least 4 members (excludes halogenated alkanes) is 2. The standard InChI is InChI=1S/C19H26N/c1-3-4-5-9-14(2)15-11-8-12-17-16-10-6-7-13-18(16)20-19(15)17/h6-7,10,13-15H,3-5,8-9,11-12H2,1-2H3. The average molecular weight is 268 g/mol. The molecule has 0 saturated heterocycles. The van der Waals surface area contributed by atoms with Gasteiger partial charge in [0.05, 0.1) is 5.69 Å². The summed E-state index contributed by atoms with van der Waals surface area (Å²) in [5.41, 5.74) is 5.61. The van der Waals surface area contributed by atoms with Crippen molar-refractivity contribution in [3.8, 4) is 0 Å². The molecule has 1 aliphatic carbocycles. The summed E-state index contributed by atoms with van der Waals surface area (Å²) in [6, 6.07) is 8.69. The van der Waals surface area contributed by atoms with Crippen molar-refractivity contribution < 1.29 is 0 Å². The molecule has 3 rings (SSSR count). The second-order valence-corrected chi connectivity index (χ2v) is 6.46. The molecule has 2 atom stereocenters. The zero-order valence-electron chi connectivity index (χ0n) is 12.9. The van der Waals surface area contributed by atoms with Crippen molar-refractivity contribution in [2.45, 2.75) is 58.8 Å². The summed E-state index contributed by atoms with van der Waals surface area (Å²) in [6.45, 7) is 4.73. The molecule has 2 unspecified atom stereocenters. The van der Waals surface area contributed by atoms with Gasteiger partial charge in [-0.15, -0.1) is 0 Å². The Morgan fingerprint density at radius 3 is 2.95 bits per heavy atom. The minimum atomic E-state index is 0.697. The molecule has 0 aromatic heterocycles. The van der Waals surface area contributed by atoms with Crippen molar-refractivity contribution in [1.82, 2.24) is 5.32 Å². The van der Waals surface area contributed by atoms with Crippen LogP contribution in [-0.4, -0.2) is 0 Å². The molecule has 107 valence electrons. The number of fused-ring (bicyclic) bond motifs is 2. The monoisotopic (exact) mass is 268 g/mol. The van der Waals surface area contributed by atoms with Crippen LogP contribution >= 0.6 is 0 Å². The lowest BCUT2D eigenvalue weighted by molar-refractivity contribution is 0.331. The largest absolute Gasteiger partial charge is 0.252 e. The Balaban J connectivity index is 1.77. The van der Waals surface area contributed by atoms with E-state index in [0.717, 1.165) is 5.92 Å². The number of hydrogen-bond acceptors (Lipinski definition) is 0. The van der Waals surface area contributed by atoms with E-state index in [9.17, 15) is 0 Å². The fourth-order valence-corrected chi connectivity index (χ4v) is 3.84. The SMILES string of the molecule is CCCCCC(C)C1CCCC2=C1[N]c1ccccc12. The van der Waals surface area contributed by atoms with Gasteiger partial charge in [0.25, 0.3) is 0 Å². The number of allylic oxidation sites excluding steroid dienone is 2. The number of benzene rings is 1. The van der Waals surface area contributed by atoms with Gasteiger partial charge in [-0.2, -0.15) is 0 Å².